The van der Waals surface area contributed by atoms with Crippen molar-refractivity contribution < 1.29 is 4.74 Å². The average molecular weight is 215 g/mol. The van der Waals surface area contributed by atoms with Crippen LogP contribution < -0.4 is 5.32 Å². The Morgan fingerprint density at radius 2 is 1.73 bits per heavy atom. The second-order valence-corrected chi connectivity index (χ2v) is 5.67. The molecule has 0 rings (SSSR count). The van der Waals surface area contributed by atoms with E-state index in [0.29, 0.717) is 11.5 Å². The van der Waals surface area contributed by atoms with Gasteiger partial charge in [-0.2, -0.15) is 0 Å². The van der Waals surface area contributed by atoms with Crippen molar-refractivity contribution >= 4 is 0 Å². The van der Waals surface area contributed by atoms with E-state index in [4.69, 9.17) is 4.74 Å². The summed E-state index contributed by atoms with van der Waals surface area (Å²) in [4.78, 5) is 0. The highest BCUT2D eigenvalue weighted by atomic mass is 16.5. The molecule has 0 aromatic carbocycles. The molecule has 1 N–H and O–H groups in total. The molecule has 0 aliphatic heterocycles. The molecule has 0 aromatic heterocycles. The number of ether oxygens (including phenoxy) is 1. The summed E-state index contributed by atoms with van der Waals surface area (Å²) < 4.78 is 5.10. The molecule has 0 heterocycles. The van der Waals surface area contributed by atoms with Gasteiger partial charge in [0.2, 0.25) is 0 Å². The summed E-state index contributed by atoms with van der Waals surface area (Å²) in [6, 6.07) is 0.613. The molecule has 0 saturated carbocycles. The van der Waals surface area contributed by atoms with E-state index in [9.17, 15) is 0 Å². The van der Waals surface area contributed by atoms with Gasteiger partial charge in [-0.25, -0.2) is 0 Å². The molecule has 2 heteroatoms. The molecule has 0 radical (unpaired) electrons. The molecule has 0 aliphatic rings. The summed E-state index contributed by atoms with van der Waals surface area (Å²) in [5, 5.41) is 3.42. The third kappa shape index (κ3) is 6.91. The Kier molecular flexibility index (Phi) is 7.20. The maximum Gasteiger partial charge on any atom is 0.0464 e. The van der Waals surface area contributed by atoms with Gasteiger partial charge in [-0.1, -0.05) is 27.7 Å². The van der Waals surface area contributed by atoms with Crippen LogP contribution in [0.3, 0.4) is 0 Å². The minimum absolute atomic E-state index is 0.357. The lowest BCUT2D eigenvalue weighted by atomic mass is 9.82. The van der Waals surface area contributed by atoms with Crippen molar-refractivity contribution in [1.82, 2.24) is 5.32 Å². The maximum atomic E-state index is 5.10. The van der Waals surface area contributed by atoms with Crippen LogP contribution in [0, 0.1) is 11.3 Å². The lowest BCUT2D eigenvalue weighted by Gasteiger charge is -2.31. The molecule has 92 valence electrons. The van der Waals surface area contributed by atoms with Gasteiger partial charge in [-0.3, -0.25) is 0 Å². The van der Waals surface area contributed by atoms with E-state index in [1.807, 2.05) is 0 Å². The molecule has 2 unspecified atom stereocenters. The standard InChI is InChI=1S/C13H29NO/c1-11(9-10-15-6)7-8-12(14-5)13(2,3)4/h11-12,14H,7-10H2,1-6H3. The van der Waals surface area contributed by atoms with Gasteiger partial charge in [0.05, 0.1) is 0 Å². The fourth-order valence-corrected chi connectivity index (χ4v) is 1.92. The summed E-state index contributed by atoms with van der Waals surface area (Å²) in [6.07, 6.45) is 3.72. The average Bonchev–Trinajstić information content (AvgIpc) is 2.13. The van der Waals surface area contributed by atoms with E-state index < -0.39 is 0 Å². The molecule has 0 aliphatic carbocycles. The van der Waals surface area contributed by atoms with Crippen LogP contribution >= 0.6 is 0 Å². The Bertz CT molecular complexity index is 151. The molecule has 2 atom stereocenters. The topological polar surface area (TPSA) is 21.3 Å². The molecule has 0 spiro atoms. The predicted molar refractivity (Wildman–Crippen MR) is 67.2 cm³/mol. The highest BCUT2D eigenvalue weighted by molar-refractivity contribution is 4.79. The Labute approximate surface area is 95.8 Å². The van der Waals surface area contributed by atoms with Crippen molar-refractivity contribution in [2.45, 2.75) is 53.0 Å². The maximum absolute atomic E-state index is 5.10. The Balaban J connectivity index is 3.80. The van der Waals surface area contributed by atoms with Gasteiger partial charge in [0, 0.05) is 19.8 Å². The first-order valence-corrected chi connectivity index (χ1v) is 6.08. The first-order valence-electron chi connectivity index (χ1n) is 6.08. The van der Waals surface area contributed by atoms with E-state index in [1.54, 1.807) is 7.11 Å². The molecule has 15 heavy (non-hydrogen) atoms. The molecule has 0 saturated heterocycles. The first-order chi connectivity index (χ1) is 6.91. The second-order valence-electron chi connectivity index (χ2n) is 5.67. The van der Waals surface area contributed by atoms with Gasteiger partial charge >= 0.3 is 0 Å². The first kappa shape index (κ1) is 14.9. The van der Waals surface area contributed by atoms with Crippen LogP contribution in [0.4, 0.5) is 0 Å². The highest BCUT2D eigenvalue weighted by Gasteiger charge is 2.22. The van der Waals surface area contributed by atoms with E-state index in [-0.39, 0.29) is 0 Å². The number of hydrogen-bond donors (Lipinski definition) is 1. The smallest absolute Gasteiger partial charge is 0.0464 e. The summed E-state index contributed by atoms with van der Waals surface area (Å²) in [5.41, 5.74) is 0.357. The van der Waals surface area contributed by atoms with Gasteiger partial charge in [-0.15, -0.1) is 0 Å². The molecule has 0 aromatic rings. The van der Waals surface area contributed by atoms with Crippen LogP contribution in [0.2, 0.25) is 0 Å². The number of hydrogen-bond acceptors (Lipinski definition) is 2. The minimum atomic E-state index is 0.357. The van der Waals surface area contributed by atoms with E-state index >= 15 is 0 Å². The Hall–Kier alpha value is -0.0800. The third-order valence-corrected chi connectivity index (χ3v) is 3.16. The van der Waals surface area contributed by atoms with Crippen LogP contribution in [0.5, 0.6) is 0 Å². The predicted octanol–water partition coefficient (Wildman–Crippen LogP) is 3.07. The molecule has 0 amide bonds. The van der Waals surface area contributed by atoms with Crippen LogP contribution in [-0.2, 0) is 4.74 Å². The highest BCUT2D eigenvalue weighted by Crippen LogP contribution is 2.24. The van der Waals surface area contributed by atoms with Crippen molar-refractivity contribution in [3.63, 3.8) is 0 Å². The monoisotopic (exact) mass is 215 g/mol. The number of methoxy groups -OCH3 is 1. The fraction of sp³-hybridized carbons (Fsp3) is 1.00. The molecular weight excluding hydrogens is 186 g/mol. The molecule has 2 nitrogen and oxygen atoms in total. The lowest BCUT2D eigenvalue weighted by molar-refractivity contribution is 0.173. The van der Waals surface area contributed by atoms with Gasteiger partial charge < -0.3 is 10.1 Å². The lowest BCUT2D eigenvalue weighted by Crippen LogP contribution is -2.38. The van der Waals surface area contributed by atoms with Crippen LogP contribution in [0.25, 0.3) is 0 Å². The minimum Gasteiger partial charge on any atom is -0.385 e. The van der Waals surface area contributed by atoms with Crippen LogP contribution in [0.1, 0.15) is 47.0 Å². The zero-order valence-electron chi connectivity index (χ0n) is 11.4. The third-order valence-electron chi connectivity index (χ3n) is 3.16. The molecular formula is C13H29NO. The SMILES string of the molecule is CNC(CCC(C)CCOC)C(C)(C)C. The van der Waals surface area contributed by atoms with Crippen LogP contribution in [0.15, 0.2) is 0 Å². The normalized spacial score (nSPS) is 16.4. The van der Waals surface area contributed by atoms with Gasteiger partial charge in [0.1, 0.15) is 0 Å². The van der Waals surface area contributed by atoms with Crippen molar-refractivity contribution in [3.05, 3.63) is 0 Å². The summed E-state index contributed by atoms with van der Waals surface area (Å²) in [6.45, 7) is 10.1. The van der Waals surface area contributed by atoms with Crippen LogP contribution in [-0.4, -0.2) is 26.8 Å². The number of nitrogens with one attached hydrogen (secondary N) is 1. The van der Waals surface area contributed by atoms with Gasteiger partial charge in [0.15, 0.2) is 0 Å². The second kappa shape index (κ2) is 7.24. The Morgan fingerprint density at radius 3 is 2.13 bits per heavy atom. The van der Waals surface area contributed by atoms with Crippen molar-refractivity contribution in [3.8, 4) is 0 Å². The Morgan fingerprint density at radius 1 is 1.13 bits per heavy atom. The van der Waals surface area contributed by atoms with Gasteiger partial charge in [0.25, 0.3) is 0 Å². The van der Waals surface area contributed by atoms with E-state index in [0.717, 1.165) is 12.5 Å². The van der Waals surface area contributed by atoms with Crippen molar-refractivity contribution in [1.29, 1.82) is 0 Å². The fourth-order valence-electron chi connectivity index (χ4n) is 1.92. The summed E-state index contributed by atoms with van der Waals surface area (Å²) in [7, 11) is 3.84. The van der Waals surface area contributed by atoms with E-state index in [2.05, 4.69) is 40.1 Å². The largest absolute Gasteiger partial charge is 0.385 e. The number of rotatable bonds is 7. The summed E-state index contributed by atoms with van der Waals surface area (Å²) in [5.74, 6) is 0.767. The zero-order valence-corrected chi connectivity index (χ0v) is 11.4. The molecule has 0 fully saturated rings. The van der Waals surface area contributed by atoms with Crippen molar-refractivity contribution in [2.75, 3.05) is 20.8 Å². The zero-order chi connectivity index (χ0) is 11.9. The van der Waals surface area contributed by atoms with Crippen molar-refractivity contribution in [2.24, 2.45) is 11.3 Å². The molecule has 0 bridgehead atoms. The quantitative estimate of drug-likeness (QED) is 0.704. The summed E-state index contributed by atoms with van der Waals surface area (Å²) >= 11 is 0. The van der Waals surface area contributed by atoms with E-state index in [1.165, 1.54) is 19.3 Å². The van der Waals surface area contributed by atoms with Gasteiger partial charge in [-0.05, 0) is 37.6 Å².